The summed E-state index contributed by atoms with van der Waals surface area (Å²) in [5.41, 5.74) is -0.767. The number of halogens is 2. The van der Waals surface area contributed by atoms with Crippen molar-refractivity contribution in [1.82, 2.24) is 5.06 Å². The topological polar surface area (TPSA) is 329 Å². The van der Waals surface area contributed by atoms with Gasteiger partial charge in [-0.1, -0.05) is 143 Å². The molecule has 18 atom stereocenters. The number of methoxy groups -OCH3 is 1. The van der Waals surface area contributed by atoms with Gasteiger partial charge < -0.3 is 77.5 Å². The van der Waals surface area contributed by atoms with Crippen LogP contribution in [-0.2, 0) is 81.1 Å². The van der Waals surface area contributed by atoms with Gasteiger partial charge in [-0.05, 0) is 296 Å². The maximum Gasteiger partial charge on any atom is 2.00 e. The van der Waals surface area contributed by atoms with Crippen molar-refractivity contribution < 1.29 is 125 Å². The number of carbonyl (C=O) groups is 10. The summed E-state index contributed by atoms with van der Waals surface area (Å²) >= 11 is 3.38. The van der Waals surface area contributed by atoms with Gasteiger partial charge in [-0.3, -0.25) is 48.0 Å². The Kier molecular flexibility index (Phi) is 81.7. The van der Waals surface area contributed by atoms with E-state index in [1.807, 2.05) is 102 Å². The molecule has 9 rings (SSSR count). The van der Waals surface area contributed by atoms with E-state index in [0.717, 1.165) is 159 Å². The number of aliphatic hydroxyl groups excluding tert-OH is 3. The van der Waals surface area contributed by atoms with Gasteiger partial charge in [0.2, 0.25) is 0 Å². The number of carboxylic acid groups (broad SMARTS) is 1. The molecule has 760 valence electrons. The Morgan fingerprint density at radius 1 is 0.436 bits per heavy atom. The second kappa shape index (κ2) is 81.7. The Morgan fingerprint density at radius 3 is 0.925 bits per heavy atom. The summed E-state index contributed by atoms with van der Waals surface area (Å²) in [6.45, 7) is 57.1. The Balaban J connectivity index is -0.000000465. The van der Waals surface area contributed by atoms with Crippen LogP contribution in [0.4, 0.5) is 4.79 Å². The number of rotatable bonds is 55. The zero-order valence-electron chi connectivity index (χ0n) is 83.6. The monoisotopic (exact) mass is 2010 g/mol. The minimum absolute atomic E-state index is 0. The van der Waals surface area contributed by atoms with E-state index in [1.165, 1.54) is 124 Å². The number of unbranched alkanes of at least 4 members (excludes halogenated alkanes) is 14. The predicted octanol–water partition coefficient (Wildman–Crippen LogP) is 21.4. The number of esters is 5. The van der Waals surface area contributed by atoms with Crippen molar-refractivity contribution in [2.45, 2.75) is 394 Å². The Bertz CT molecular complexity index is 3170. The molecule has 0 bridgehead atoms. The molecule has 0 unspecified atom stereocenters. The van der Waals surface area contributed by atoms with Crippen LogP contribution in [0.2, 0.25) is 0 Å². The number of imide groups is 1. The molecule has 1 saturated heterocycles. The first-order valence-electron chi connectivity index (χ1n) is 48.7. The van der Waals surface area contributed by atoms with E-state index in [-0.39, 0.29) is 151 Å². The standard InChI is InChI=1S/C17H28O4.C16H26O4.C13H17NO5.2C10H16O2.3C8H14O.C7H13Br.C7H13.C3H6O2.BrH.Mg.H2/c1-6-7-8-9-12-10-14(12)21-15(18)11-13(16(19)20-5)17(2,3)4;1-5-6-7-8-11-9-13(11)20-14(17)10-12(15(18)19)16(2,3)4;1-2-3-4-5-9-8-10(9)18-13(17)19-14-11(15)6-7-12(14)16;2*1-3-4-5-6-9-7-10(9)12-8(2)11;3*1-2-3-4-5-7-6-8(7)9;1-2-3-4-5-6-7-8;1-3-5-7-6-4-2;1-2-5-3-4;;;/h6,12-14H,1,7-11H2,2-5H3;5,11-13H,1,6-10H2,2-4H3,(H,18,19);2,9-10H,1,3-8H2;2*3,9-10H,1,4-7H2,2H3;3*2,7-9H,1,3-6H2;2H,1,3-7H2;3H,1-2,4-7H2;3H,2H2,1H3;1H;;1H/q;;;;;;;;;-1;;;+2;/p-1/t12-,13-,14-;11-,12-,13-;3*9-,10-;3*7-,8-;;;;;;/m11110110....../s1/i;;;;;;;;;;;;;1+1. The van der Waals surface area contributed by atoms with E-state index in [4.69, 9.17) is 43.7 Å². The predicted molar refractivity (Wildman–Crippen MR) is 535 cm³/mol. The maximum absolute atomic E-state index is 12.0. The molecule has 0 aromatic carbocycles. The first-order valence-corrected chi connectivity index (χ1v) is 49.9. The third kappa shape index (κ3) is 75.4. The summed E-state index contributed by atoms with van der Waals surface area (Å²) in [6.07, 6.45) is 63.2. The van der Waals surface area contributed by atoms with E-state index in [9.17, 15) is 53.1 Å². The number of carboxylic acids is 1. The van der Waals surface area contributed by atoms with Gasteiger partial charge in [0.25, 0.3) is 18.3 Å². The molecule has 0 aromatic rings. The van der Waals surface area contributed by atoms with Crippen molar-refractivity contribution in [3.63, 3.8) is 0 Å². The van der Waals surface area contributed by atoms with Crippen LogP contribution < -0.4 is 17.0 Å². The van der Waals surface area contributed by atoms with Crippen molar-refractivity contribution >= 4 is 99.2 Å². The number of aliphatic carboxylic acids is 1. The fourth-order valence-corrected chi connectivity index (χ4v) is 14.4. The molecular weight excluding hydrogens is 1840 g/mol. The van der Waals surface area contributed by atoms with E-state index in [1.54, 1.807) is 6.92 Å². The van der Waals surface area contributed by atoms with Gasteiger partial charge in [-0.2, -0.15) is 6.42 Å². The van der Waals surface area contributed by atoms with Gasteiger partial charge in [0, 0.05) is 33.4 Å². The minimum Gasteiger partial charge on any atom is -1.00 e. The van der Waals surface area contributed by atoms with Crippen molar-refractivity contribution in [2.24, 2.45) is 70.0 Å². The van der Waals surface area contributed by atoms with Crippen LogP contribution in [0.3, 0.4) is 0 Å². The molecule has 0 radical (unpaired) electrons. The second-order valence-electron chi connectivity index (χ2n) is 37.5. The van der Waals surface area contributed by atoms with Gasteiger partial charge >= 0.3 is 65.0 Å². The average Bonchev–Trinajstić information content (AvgIpc) is 1.68. The van der Waals surface area contributed by atoms with Crippen molar-refractivity contribution in [3.05, 3.63) is 133 Å². The van der Waals surface area contributed by atoms with E-state index >= 15 is 0 Å². The third-order valence-electron chi connectivity index (χ3n) is 23.2. The van der Waals surface area contributed by atoms with Gasteiger partial charge in [-0.15, -0.1) is 65.8 Å². The van der Waals surface area contributed by atoms with Crippen LogP contribution in [0.25, 0.3) is 0 Å². The van der Waals surface area contributed by atoms with Crippen molar-refractivity contribution in [3.8, 4) is 0 Å². The van der Waals surface area contributed by atoms with Crippen LogP contribution in [-0.4, -0.2) is 177 Å². The number of aliphatic hydroxyl groups is 3. The van der Waals surface area contributed by atoms with Crippen LogP contribution in [0.15, 0.2) is 127 Å². The van der Waals surface area contributed by atoms with Crippen LogP contribution in [0, 0.1) is 76.9 Å². The molecule has 0 aromatic heterocycles. The SMILES string of the molecule is C=CCCCCCBr.C=CCCCC[CH2-].C=CCCC[C@@H]1C[C@H]1O.C=CCCC[C@@H]1C[C@H]1O.C=CCCC[C@@H]1C[C@H]1OC(=O)C[C@H](C(=O)O)C(C)(C)C.C=CCCC[C@@H]1C[C@H]1OC(=O)C[C@H](C(=O)OC)C(C)(C)C.C=CCCC[C@@H]1C[C@H]1OC(=O)ON1C(=O)CCC1=O.C=CCCC[C@@H]1C[C@H]1OC(C)=O.C=CCCC[C@H]1C[C@@H]1O.C=CCCC[C@H]1C[C@@H]1OC(C)=O.CCOC=O.[2HH].[Br-].[Mg+2]. The molecule has 8 aliphatic carbocycles. The summed E-state index contributed by atoms with van der Waals surface area (Å²) in [4.78, 5) is 116. The molecular formula is C107H179Br2MgNO22. The van der Waals surface area contributed by atoms with E-state index in [0.29, 0.717) is 65.5 Å². The summed E-state index contributed by atoms with van der Waals surface area (Å²) in [7, 11) is 1.35. The zero-order chi connectivity index (χ0) is 99.1. The molecule has 133 heavy (non-hydrogen) atoms. The summed E-state index contributed by atoms with van der Waals surface area (Å²) < 4.78 is 34.9. The first kappa shape index (κ1) is 133. The number of alkyl halides is 1. The number of ether oxygens (including phenoxy) is 7. The number of carbonyl (C=O) groups excluding carboxylic acids is 9. The maximum atomic E-state index is 12.0. The number of hydrogen-bond acceptors (Lipinski definition) is 21. The van der Waals surface area contributed by atoms with Crippen LogP contribution in [0.5, 0.6) is 0 Å². The number of hydroxylamine groups is 2. The van der Waals surface area contributed by atoms with Gasteiger partial charge in [0.15, 0.2) is 0 Å². The molecule has 1 heterocycles. The molecule has 4 N–H and O–H groups in total. The molecule has 2 amide bonds. The summed E-state index contributed by atoms with van der Waals surface area (Å²) in [6, 6.07) is 0. The smallest absolute Gasteiger partial charge is 1.00 e. The summed E-state index contributed by atoms with van der Waals surface area (Å²) in [5, 5.41) is 37.5. The van der Waals surface area contributed by atoms with Crippen molar-refractivity contribution in [1.29, 1.82) is 0 Å². The number of nitrogens with zero attached hydrogens (tertiary/aromatic N) is 1. The fourth-order valence-electron chi connectivity index (χ4n) is 14.0. The molecule has 1 aliphatic heterocycles. The van der Waals surface area contributed by atoms with Crippen LogP contribution >= 0.6 is 15.9 Å². The zero-order valence-corrected chi connectivity index (χ0v) is 88.2. The minimum atomic E-state index is -0.972. The number of hydrogen-bond donors (Lipinski definition) is 4. The molecule has 0 spiro atoms. The Labute approximate surface area is 839 Å². The molecule has 23 nitrogen and oxygen atoms in total. The number of allylic oxidation sites excluding steroid dienone is 10. The van der Waals surface area contributed by atoms with Crippen molar-refractivity contribution in [2.75, 3.05) is 19.0 Å². The van der Waals surface area contributed by atoms with Gasteiger partial charge in [-0.25, -0.2) is 4.79 Å². The Morgan fingerprint density at radius 2 is 0.699 bits per heavy atom. The normalized spacial score (nSPS) is 23.1. The number of amides is 2. The first-order chi connectivity index (χ1) is 62.4. The second-order valence-corrected chi connectivity index (χ2v) is 38.3. The third-order valence-corrected chi connectivity index (χ3v) is 23.8. The average molecular weight is 2020 g/mol. The summed E-state index contributed by atoms with van der Waals surface area (Å²) in [5.74, 6) is 0.0292. The van der Waals surface area contributed by atoms with Crippen LogP contribution in [0.1, 0.15) is 346 Å². The fraction of sp³-hybridized carbons (Fsp3) is 0.710. The molecule has 26 heteroatoms. The molecule has 9 fully saturated rings. The van der Waals surface area contributed by atoms with Gasteiger partial charge in [0.1, 0.15) is 30.5 Å². The van der Waals surface area contributed by atoms with E-state index < -0.39 is 41.2 Å². The molecule has 8 saturated carbocycles. The largest absolute Gasteiger partial charge is 2.00 e. The van der Waals surface area contributed by atoms with E-state index in [2.05, 4.69) is 98.2 Å². The van der Waals surface area contributed by atoms with Gasteiger partial charge in [0.05, 0.1) is 56.7 Å². The molecule has 9 aliphatic rings. The Hall–Kier alpha value is -6.29. The quantitative estimate of drug-likeness (QED) is 0.00506.